The van der Waals surface area contributed by atoms with Crippen LogP contribution in [0.5, 0.6) is 0 Å². The average Bonchev–Trinajstić information content (AvgIpc) is 2.07. The van der Waals surface area contributed by atoms with Crippen LogP contribution in [-0.4, -0.2) is 16.1 Å². The molecule has 1 aromatic rings. The molecule has 1 aromatic heterocycles. The van der Waals surface area contributed by atoms with Crippen molar-refractivity contribution in [2.75, 3.05) is 0 Å². The maximum atomic E-state index is 12.2. The van der Waals surface area contributed by atoms with Gasteiger partial charge >= 0.3 is 5.97 Å². The first kappa shape index (κ1) is 10.6. The smallest absolute Gasteiger partial charge is 0.307 e. The Kier molecular flexibility index (Phi) is 3.11. The summed E-state index contributed by atoms with van der Waals surface area (Å²) in [6.45, 7) is 1.64. The van der Waals surface area contributed by atoms with E-state index in [1.165, 1.54) is 6.20 Å². The number of carboxylic acids is 1. The van der Waals surface area contributed by atoms with Crippen LogP contribution in [0.3, 0.4) is 0 Å². The van der Waals surface area contributed by atoms with E-state index in [1.807, 2.05) is 0 Å². The molecule has 1 rings (SSSR count). The predicted molar refractivity (Wildman–Crippen MR) is 45.3 cm³/mol. The zero-order valence-electron chi connectivity index (χ0n) is 7.50. The van der Waals surface area contributed by atoms with Crippen molar-refractivity contribution in [3.05, 3.63) is 29.1 Å². The van der Waals surface area contributed by atoms with Crippen LogP contribution in [0, 0.1) is 6.92 Å². The number of hydrogen-bond acceptors (Lipinski definition) is 2. The second kappa shape index (κ2) is 4.13. The van der Waals surface area contributed by atoms with Gasteiger partial charge in [0.2, 0.25) is 0 Å². The van der Waals surface area contributed by atoms with Crippen LogP contribution in [0.25, 0.3) is 0 Å². The molecule has 0 spiro atoms. The molecule has 5 heteroatoms. The van der Waals surface area contributed by atoms with Crippen molar-refractivity contribution in [1.82, 2.24) is 4.98 Å². The Morgan fingerprint density at radius 2 is 2.29 bits per heavy atom. The Labute approximate surface area is 79.4 Å². The van der Waals surface area contributed by atoms with Crippen LogP contribution in [0.4, 0.5) is 8.78 Å². The van der Waals surface area contributed by atoms with E-state index in [-0.39, 0.29) is 12.1 Å². The Bertz CT molecular complexity index is 353. The van der Waals surface area contributed by atoms with Gasteiger partial charge in [0, 0.05) is 6.20 Å². The first-order valence-corrected chi connectivity index (χ1v) is 3.96. The third kappa shape index (κ3) is 2.48. The number of nitrogens with zero attached hydrogens (tertiary/aromatic N) is 1. The lowest BCUT2D eigenvalue weighted by atomic mass is 10.1. The molecule has 0 aromatic carbocycles. The number of alkyl halides is 2. The molecule has 0 atom stereocenters. The van der Waals surface area contributed by atoms with Gasteiger partial charge < -0.3 is 5.11 Å². The van der Waals surface area contributed by atoms with Crippen LogP contribution in [0.2, 0.25) is 0 Å². The zero-order valence-corrected chi connectivity index (χ0v) is 7.50. The quantitative estimate of drug-likeness (QED) is 0.813. The minimum atomic E-state index is -2.66. The molecule has 0 amide bonds. The van der Waals surface area contributed by atoms with E-state index < -0.39 is 12.4 Å². The fourth-order valence-electron chi connectivity index (χ4n) is 1.06. The van der Waals surface area contributed by atoms with E-state index in [1.54, 1.807) is 6.92 Å². The van der Waals surface area contributed by atoms with Gasteiger partial charge in [0.25, 0.3) is 6.43 Å². The van der Waals surface area contributed by atoms with Gasteiger partial charge in [0.05, 0.1) is 6.42 Å². The van der Waals surface area contributed by atoms with Gasteiger partial charge in [-0.15, -0.1) is 0 Å². The Balaban J connectivity index is 3.02. The number of carbonyl (C=O) groups is 1. The number of carboxylic acid groups (broad SMARTS) is 1. The Morgan fingerprint density at radius 3 is 2.79 bits per heavy atom. The summed E-state index contributed by atoms with van der Waals surface area (Å²) in [5, 5.41) is 8.51. The van der Waals surface area contributed by atoms with E-state index in [2.05, 4.69) is 4.98 Å². The topological polar surface area (TPSA) is 50.2 Å². The molecule has 0 bridgehead atoms. The van der Waals surface area contributed by atoms with Gasteiger partial charge in [-0.2, -0.15) is 0 Å². The van der Waals surface area contributed by atoms with E-state index in [4.69, 9.17) is 5.11 Å². The van der Waals surface area contributed by atoms with Crippen molar-refractivity contribution in [3.63, 3.8) is 0 Å². The minimum Gasteiger partial charge on any atom is -0.481 e. The standard InChI is InChI=1S/C9H9F2NO2/c1-5-4-12-7(9(10)11)2-6(5)3-8(13)14/h2,4,9H,3H2,1H3,(H,13,14). The number of aryl methyl sites for hydroxylation is 1. The molecule has 76 valence electrons. The fourth-order valence-corrected chi connectivity index (χ4v) is 1.06. The highest BCUT2D eigenvalue weighted by atomic mass is 19.3. The molecule has 0 saturated carbocycles. The second-order valence-corrected chi connectivity index (χ2v) is 2.91. The van der Waals surface area contributed by atoms with Crippen molar-refractivity contribution in [1.29, 1.82) is 0 Å². The number of aliphatic carboxylic acids is 1. The van der Waals surface area contributed by atoms with Crippen LogP contribution in [0.15, 0.2) is 12.3 Å². The Morgan fingerprint density at radius 1 is 1.64 bits per heavy atom. The molecule has 0 aliphatic heterocycles. The molecule has 0 aliphatic rings. The Hall–Kier alpha value is -1.52. The summed E-state index contributed by atoms with van der Waals surface area (Å²) in [6.07, 6.45) is -1.66. The number of pyridine rings is 1. The SMILES string of the molecule is Cc1cnc(C(F)F)cc1CC(=O)O. The number of halogens is 2. The summed E-state index contributed by atoms with van der Waals surface area (Å²) < 4.78 is 24.4. The van der Waals surface area contributed by atoms with Crippen LogP contribution < -0.4 is 0 Å². The average molecular weight is 201 g/mol. The molecule has 14 heavy (non-hydrogen) atoms. The molecule has 0 saturated heterocycles. The third-order valence-corrected chi connectivity index (χ3v) is 1.80. The monoisotopic (exact) mass is 201 g/mol. The van der Waals surface area contributed by atoms with Crippen molar-refractivity contribution in [2.24, 2.45) is 0 Å². The molecular weight excluding hydrogens is 192 g/mol. The molecular formula is C9H9F2NO2. The highest BCUT2D eigenvalue weighted by molar-refractivity contribution is 5.70. The van der Waals surface area contributed by atoms with E-state index in [0.29, 0.717) is 11.1 Å². The maximum absolute atomic E-state index is 12.2. The fraction of sp³-hybridized carbons (Fsp3) is 0.333. The highest BCUT2D eigenvalue weighted by Gasteiger charge is 2.12. The summed E-state index contributed by atoms with van der Waals surface area (Å²) in [7, 11) is 0. The third-order valence-electron chi connectivity index (χ3n) is 1.80. The molecule has 3 nitrogen and oxygen atoms in total. The van der Waals surface area contributed by atoms with Crippen molar-refractivity contribution in [2.45, 2.75) is 19.8 Å². The zero-order chi connectivity index (χ0) is 10.7. The number of aromatic nitrogens is 1. The predicted octanol–water partition coefficient (Wildman–Crippen LogP) is 1.95. The van der Waals surface area contributed by atoms with Gasteiger partial charge in [0.15, 0.2) is 0 Å². The van der Waals surface area contributed by atoms with Crippen molar-refractivity contribution < 1.29 is 18.7 Å². The second-order valence-electron chi connectivity index (χ2n) is 2.91. The van der Waals surface area contributed by atoms with E-state index >= 15 is 0 Å². The number of hydrogen-bond donors (Lipinski definition) is 1. The van der Waals surface area contributed by atoms with Gasteiger partial charge in [0.1, 0.15) is 5.69 Å². The van der Waals surface area contributed by atoms with Crippen LogP contribution in [-0.2, 0) is 11.2 Å². The van der Waals surface area contributed by atoms with E-state index in [0.717, 1.165) is 6.07 Å². The lowest BCUT2D eigenvalue weighted by molar-refractivity contribution is -0.136. The lowest BCUT2D eigenvalue weighted by Crippen LogP contribution is -2.04. The largest absolute Gasteiger partial charge is 0.481 e. The molecule has 0 aliphatic carbocycles. The molecule has 0 radical (unpaired) electrons. The molecule has 1 heterocycles. The summed E-state index contributed by atoms with van der Waals surface area (Å²) in [5.41, 5.74) is 0.603. The van der Waals surface area contributed by atoms with E-state index in [9.17, 15) is 13.6 Å². The first-order chi connectivity index (χ1) is 6.50. The lowest BCUT2D eigenvalue weighted by Gasteiger charge is -2.05. The summed E-state index contributed by atoms with van der Waals surface area (Å²) in [6, 6.07) is 1.13. The van der Waals surface area contributed by atoms with Gasteiger partial charge in [-0.25, -0.2) is 8.78 Å². The van der Waals surface area contributed by atoms with Crippen molar-refractivity contribution in [3.8, 4) is 0 Å². The molecule has 1 N–H and O–H groups in total. The normalized spacial score (nSPS) is 10.6. The minimum absolute atomic E-state index is 0.256. The van der Waals surface area contributed by atoms with Gasteiger partial charge in [-0.1, -0.05) is 0 Å². The van der Waals surface area contributed by atoms with Gasteiger partial charge in [-0.3, -0.25) is 9.78 Å². The summed E-state index contributed by atoms with van der Waals surface area (Å²) in [5.74, 6) is -1.04. The summed E-state index contributed by atoms with van der Waals surface area (Å²) in [4.78, 5) is 13.9. The van der Waals surface area contributed by atoms with Crippen LogP contribution in [0.1, 0.15) is 23.2 Å². The van der Waals surface area contributed by atoms with Crippen LogP contribution >= 0.6 is 0 Å². The number of rotatable bonds is 3. The maximum Gasteiger partial charge on any atom is 0.307 e. The summed E-state index contributed by atoms with van der Waals surface area (Å²) >= 11 is 0. The molecule has 0 unspecified atom stereocenters. The van der Waals surface area contributed by atoms with Crippen molar-refractivity contribution >= 4 is 5.97 Å². The highest BCUT2D eigenvalue weighted by Crippen LogP contribution is 2.19. The molecule has 0 fully saturated rings. The first-order valence-electron chi connectivity index (χ1n) is 3.96. The van der Waals surface area contributed by atoms with Gasteiger partial charge in [-0.05, 0) is 24.1 Å².